The molecule has 0 saturated carbocycles. The van der Waals surface area contributed by atoms with Crippen LogP contribution in [0.15, 0.2) is 66.0 Å². The lowest BCUT2D eigenvalue weighted by Crippen LogP contribution is -2.14. The van der Waals surface area contributed by atoms with E-state index in [0.717, 1.165) is 11.3 Å². The summed E-state index contributed by atoms with van der Waals surface area (Å²) in [6.07, 6.45) is 3.36. The van der Waals surface area contributed by atoms with Crippen LogP contribution in [-0.4, -0.2) is 21.6 Å². The fourth-order valence-electron chi connectivity index (χ4n) is 2.22. The van der Waals surface area contributed by atoms with Crippen molar-refractivity contribution in [2.24, 2.45) is 0 Å². The van der Waals surface area contributed by atoms with E-state index in [0.29, 0.717) is 21.3 Å². The third kappa shape index (κ3) is 4.60. The molecule has 5 nitrogen and oxygen atoms in total. The molecule has 1 aromatic carbocycles. The molecule has 0 saturated heterocycles. The number of thioether (sulfide) groups is 1. The predicted molar refractivity (Wildman–Crippen MR) is 103 cm³/mol. The summed E-state index contributed by atoms with van der Waals surface area (Å²) < 4.78 is 0. The highest BCUT2D eigenvalue weighted by molar-refractivity contribution is 8.00. The lowest BCUT2D eigenvalue weighted by Gasteiger charge is -2.08. The van der Waals surface area contributed by atoms with Crippen molar-refractivity contribution in [3.63, 3.8) is 0 Å². The number of nitrogens with one attached hydrogen (secondary N) is 1. The van der Waals surface area contributed by atoms with Crippen LogP contribution in [0.2, 0.25) is 5.02 Å². The lowest BCUT2D eigenvalue weighted by molar-refractivity contribution is -0.113. The molecule has 0 aliphatic carbocycles. The van der Waals surface area contributed by atoms with Crippen LogP contribution in [-0.2, 0) is 4.79 Å². The second kappa shape index (κ2) is 8.48. The predicted octanol–water partition coefficient (Wildman–Crippen LogP) is 4.40. The first-order valence-electron chi connectivity index (χ1n) is 7.65. The van der Waals surface area contributed by atoms with Crippen molar-refractivity contribution in [3.05, 3.63) is 71.5 Å². The van der Waals surface area contributed by atoms with Crippen molar-refractivity contribution in [1.82, 2.24) is 9.97 Å². The number of carbonyl (C=O) groups is 1. The summed E-state index contributed by atoms with van der Waals surface area (Å²) in [4.78, 5) is 20.7. The van der Waals surface area contributed by atoms with E-state index in [-0.39, 0.29) is 11.7 Å². The van der Waals surface area contributed by atoms with Gasteiger partial charge in [-0.25, -0.2) is 4.98 Å². The number of hydrogen-bond donors (Lipinski definition) is 1. The van der Waals surface area contributed by atoms with E-state index in [2.05, 4.69) is 21.4 Å². The molecule has 0 atom stereocenters. The maximum absolute atomic E-state index is 12.2. The van der Waals surface area contributed by atoms with Gasteiger partial charge in [0.2, 0.25) is 5.91 Å². The summed E-state index contributed by atoms with van der Waals surface area (Å²) in [7, 11) is 0. The molecule has 1 N–H and O–H groups in total. The Bertz CT molecular complexity index is 973. The van der Waals surface area contributed by atoms with E-state index in [1.165, 1.54) is 11.8 Å². The van der Waals surface area contributed by atoms with Crippen molar-refractivity contribution in [1.29, 1.82) is 5.26 Å². The molecular formula is C19H13ClN4OS. The third-order valence-electron chi connectivity index (χ3n) is 3.41. The topological polar surface area (TPSA) is 78.7 Å². The van der Waals surface area contributed by atoms with Gasteiger partial charge in [-0.2, -0.15) is 5.26 Å². The molecule has 0 aliphatic rings. The quantitative estimate of drug-likeness (QED) is 0.663. The number of hydrogen-bond acceptors (Lipinski definition) is 5. The first-order chi connectivity index (χ1) is 12.7. The molecule has 0 aliphatic heterocycles. The summed E-state index contributed by atoms with van der Waals surface area (Å²) in [5, 5.41) is 13.1. The minimum Gasteiger partial charge on any atom is -0.325 e. The Morgan fingerprint density at radius 1 is 1.19 bits per heavy atom. The van der Waals surface area contributed by atoms with E-state index >= 15 is 0 Å². The van der Waals surface area contributed by atoms with Crippen LogP contribution in [0.1, 0.15) is 5.56 Å². The molecule has 26 heavy (non-hydrogen) atoms. The third-order valence-corrected chi connectivity index (χ3v) is 4.63. The van der Waals surface area contributed by atoms with Gasteiger partial charge in [0.1, 0.15) is 11.1 Å². The molecule has 1 amide bonds. The molecule has 0 bridgehead atoms. The van der Waals surface area contributed by atoms with E-state index in [9.17, 15) is 10.1 Å². The van der Waals surface area contributed by atoms with Crippen LogP contribution in [0, 0.1) is 11.3 Å². The normalized spacial score (nSPS) is 10.2. The maximum Gasteiger partial charge on any atom is 0.234 e. The van der Waals surface area contributed by atoms with E-state index < -0.39 is 0 Å². The highest BCUT2D eigenvalue weighted by Gasteiger charge is 2.11. The Kier molecular flexibility index (Phi) is 5.84. The average Bonchev–Trinajstić information content (AvgIpc) is 2.67. The van der Waals surface area contributed by atoms with Gasteiger partial charge < -0.3 is 5.32 Å². The largest absolute Gasteiger partial charge is 0.325 e. The van der Waals surface area contributed by atoms with Gasteiger partial charge in [-0.3, -0.25) is 9.78 Å². The zero-order valence-corrected chi connectivity index (χ0v) is 15.1. The van der Waals surface area contributed by atoms with Gasteiger partial charge in [0.15, 0.2) is 0 Å². The molecule has 0 unspecified atom stereocenters. The summed E-state index contributed by atoms with van der Waals surface area (Å²) in [5.74, 6) is -0.0640. The zero-order chi connectivity index (χ0) is 18.4. The highest BCUT2D eigenvalue weighted by Crippen LogP contribution is 2.25. The second-order valence-corrected chi connectivity index (χ2v) is 6.64. The van der Waals surface area contributed by atoms with Crippen LogP contribution in [0.25, 0.3) is 11.3 Å². The summed E-state index contributed by atoms with van der Waals surface area (Å²) in [6, 6.07) is 16.2. The Morgan fingerprint density at radius 2 is 2.00 bits per heavy atom. The monoisotopic (exact) mass is 380 g/mol. The van der Waals surface area contributed by atoms with Gasteiger partial charge in [-0.15, -0.1) is 0 Å². The number of nitriles is 1. The van der Waals surface area contributed by atoms with Crippen molar-refractivity contribution < 1.29 is 4.79 Å². The molecule has 2 aromatic heterocycles. The van der Waals surface area contributed by atoms with Gasteiger partial charge in [0.05, 0.1) is 17.0 Å². The minimum atomic E-state index is -0.197. The Morgan fingerprint density at radius 3 is 2.73 bits per heavy atom. The van der Waals surface area contributed by atoms with Crippen molar-refractivity contribution in [2.45, 2.75) is 5.03 Å². The van der Waals surface area contributed by atoms with Crippen LogP contribution in [0.4, 0.5) is 5.69 Å². The average molecular weight is 381 g/mol. The van der Waals surface area contributed by atoms with Crippen molar-refractivity contribution in [2.75, 3.05) is 11.1 Å². The molecule has 0 fully saturated rings. The molecule has 0 spiro atoms. The number of amides is 1. The molecule has 2 heterocycles. The molecular weight excluding hydrogens is 368 g/mol. The van der Waals surface area contributed by atoms with Crippen LogP contribution < -0.4 is 5.32 Å². The molecule has 7 heteroatoms. The standard InChI is InChI=1S/C19H13ClN4OS/c20-15-2-1-3-16(10-15)23-18(25)12-26-19-14(11-21)4-5-17(24-19)13-6-8-22-9-7-13/h1-10H,12H2,(H,23,25). The SMILES string of the molecule is N#Cc1ccc(-c2ccncc2)nc1SCC(=O)Nc1cccc(Cl)c1. The number of rotatable bonds is 5. The zero-order valence-electron chi connectivity index (χ0n) is 13.5. The number of carbonyl (C=O) groups excluding carboxylic acids is 1. The number of anilines is 1. The Labute approximate surface area is 160 Å². The number of benzene rings is 1. The van der Waals surface area contributed by atoms with Crippen LogP contribution >= 0.6 is 23.4 Å². The van der Waals surface area contributed by atoms with E-state index in [4.69, 9.17) is 11.6 Å². The summed E-state index contributed by atoms with van der Waals surface area (Å²) in [6.45, 7) is 0. The van der Waals surface area contributed by atoms with E-state index in [1.54, 1.807) is 48.8 Å². The molecule has 3 aromatic rings. The van der Waals surface area contributed by atoms with Crippen LogP contribution in [0.3, 0.4) is 0 Å². The number of halogens is 1. The fraction of sp³-hybridized carbons (Fsp3) is 0.0526. The maximum atomic E-state index is 12.2. The van der Waals surface area contributed by atoms with Gasteiger partial charge >= 0.3 is 0 Å². The molecule has 3 rings (SSSR count). The Hall–Kier alpha value is -2.88. The first kappa shape index (κ1) is 17.9. The Balaban J connectivity index is 1.72. The van der Waals surface area contributed by atoms with Gasteiger partial charge in [0.25, 0.3) is 0 Å². The number of aromatic nitrogens is 2. The summed E-state index contributed by atoms with van der Waals surface area (Å²) >= 11 is 7.13. The summed E-state index contributed by atoms with van der Waals surface area (Å²) in [5.41, 5.74) is 2.68. The van der Waals surface area contributed by atoms with Crippen LogP contribution in [0.5, 0.6) is 0 Å². The highest BCUT2D eigenvalue weighted by atomic mass is 35.5. The smallest absolute Gasteiger partial charge is 0.234 e. The number of nitrogens with zero attached hydrogens (tertiary/aromatic N) is 3. The van der Waals surface area contributed by atoms with Gasteiger partial charge in [-0.1, -0.05) is 29.4 Å². The minimum absolute atomic E-state index is 0.133. The number of pyridine rings is 2. The van der Waals surface area contributed by atoms with Crippen molar-refractivity contribution >= 4 is 35.0 Å². The van der Waals surface area contributed by atoms with Crippen molar-refractivity contribution in [3.8, 4) is 17.3 Å². The lowest BCUT2D eigenvalue weighted by atomic mass is 10.1. The van der Waals surface area contributed by atoms with Gasteiger partial charge in [-0.05, 0) is 42.5 Å². The second-order valence-electron chi connectivity index (χ2n) is 5.24. The first-order valence-corrected chi connectivity index (χ1v) is 9.02. The van der Waals surface area contributed by atoms with E-state index in [1.807, 2.05) is 12.1 Å². The molecule has 0 radical (unpaired) electrons. The molecule has 128 valence electrons. The fourth-order valence-corrected chi connectivity index (χ4v) is 3.18. The van der Waals surface area contributed by atoms with Gasteiger partial charge in [0, 0.05) is 28.7 Å².